The van der Waals surface area contributed by atoms with Crippen LogP contribution in [-0.4, -0.2) is 17.4 Å². The molecule has 0 aliphatic rings. The van der Waals surface area contributed by atoms with Gasteiger partial charge in [-0.05, 0) is 52.8 Å². The smallest absolute Gasteiger partial charge is 0.254 e. The van der Waals surface area contributed by atoms with E-state index in [9.17, 15) is 4.79 Å². The van der Waals surface area contributed by atoms with Crippen molar-refractivity contribution in [3.05, 3.63) is 95.3 Å². The number of pyridine rings is 1. The lowest BCUT2D eigenvalue weighted by Crippen LogP contribution is -2.31. The summed E-state index contributed by atoms with van der Waals surface area (Å²) in [5.74, 6) is 1.01. The number of nitrogens with zero attached hydrogens (tertiary/aromatic N) is 2. The first-order valence-corrected chi connectivity index (χ1v) is 17.8. The van der Waals surface area contributed by atoms with Crippen molar-refractivity contribution in [1.29, 1.82) is 0 Å². The van der Waals surface area contributed by atoms with Gasteiger partial charge in [-0.15, -0.1) is 0 Å². The molecule has 0 bridgehead atoms. The molecule has 2 aromatic carbocycles. The molecule has 0 aliphatic heterocycles. The van der Waals surface area contributed by atoms with Crippen molar-refractivity contribution in [2.24, 2.45) is 7.05 Å². The Bertz CT molecular complexity index is 1230. The first kappa shape index (κ1) is 36.3. The fourth-order valence-electron chi connectivity index (χ4n) is 5.91. The Kier molecular flexibility index (Phi) is 16.2. The molecule has 4 nitrogen and oxygen atoms in total. The van der Waals surface area contributed by atoms with Gasteiger partial charge in [0.25, 0.3) is 5.91 Å². The number of rotatable bonds is 21. The highest BCUT2D eigenvalue weighted by Crippen LogP contribution is 2.33. The second kappa shape index (κ2) is 20.1. The van der Waals surface area contributed by atoms with E-state index in [2.05, 4.69) is 58.0 Å². The van der Waals surface area contributed by atoms with Crippen molar-refractivity contribution in [1.82, 2.24) is 4.90 Å². The van der Waals surface area contributed by atoms with Gasteiger partial charge in [0.05, 0.1) is 6.61 Å². The Hall–Kier alpha value is -3.14. The van der Waals surface area contributed by atoms with Crippen LogP contribution >= 0.6 is 0 Å². The largest absolute Gasteiger partial charge is 0.493 e. The molecule has 1 aromatic heterocycles. The standard InChI is InChI=1S/C41H61N2O2/c1-6-7-8-9-10-11-12-13-14-15-16-17-18-22-31-45-39-26-25-36(32-38(39)41(2,3)4)34-43(33-35-27-29-42(5)30-28-35)40(44)37-23-20-19-21-24-37/h19-21,23-30,32H,6-18,22,31,33-34H2,1-5H3/q+1. The lowest BCUT2D eigenvalue weighted by atomic mass is 9.85. The van der Waals surface area contributed by atoms with E-state index in [-0.39, 0.29) is 11.3 Å². The topological polar surface area (TPSA) is 33.4 Å². The van der Waals surface area contributed by atoms with Gasteiger partial charge in [0.1, 0.15) is 12.8 Å². The summed E-state index contributed by atoms with van der Waals surface area (Å²) in [7, 11) is 2.01. The van der Waals surface area contributed by atoms with Gasteiger partial charge in [0.2, 0.25) is 0 Å². The molecule has 45 heavy (non-hydrogen) atoms. The van der Waals surface area contributed by atoms with Gasteiger partial charge >= 0.3 is 0 Å². The number of aryl methyl sites for hydroxylation is 1. The van der Waals surface area contributed by atoms with E-state index in [0.717, 1.165) is 29.9 Å². The number of carbonyl (C=O) groups excluding carboxylic acids is 1. The highest BCUT2D eigenvalue weighted by atomic mass is 16.5. The highest BCUT2D eigenvalue weighted by molar-refractivity contribution is 5.94. The molecule has 0 saturated heterocycles. The number of ether oxygens (including phenoxy) is 1. The number of aromatic nitrogens is 1. The second-order valence-electron chi connectivity index (χ2n) is 13.9. The van der Waals surface area contributed by atoms with Gasteiger partial charge in [-0.1, -0.05) is 135 Å². The molecular formula is C41H61N2O2+. The SMILES string of the molecule is CCCCCCCCCCCCCCCCOc1ccc(CN(Cc2cc[n+](C)cc2)C(=O)c2ccccc2)cc1C(C)(C)C. The number of carbonyl (C=O) groups is 1. The predicted octanol–water partition coefficient (Wildman–Crippen LogP) is 10.5. The maximum absolute atomic E-state index is 13.6. The van der Waals surface area contributed by atoms with Gasteiger partial charge in [-0.3, -0.25) is 4.79 Å². The maximum atomic E-state index is 13.6. The zero-order valence-corrected chi connectivity index (χ0v) is 29.2. The second-order valence-corrected chi connectivity index (χ2v) is 13.9. The highest BCUT2D eigenvalue weighted by Gasteiger charge is 2.22. The van der Waals surface area contributed by atoms with Crippen LogP contribution in [0.2, 0.25) is 0 Å². The quantitative estimate of drug-likeness (QED) is 0.0884. The minimum Gasteiger partial charge on any atom is -0.493 e. The molecule has 0 N–H and O–H groups in total. The van der Waals surface area contributed by atoms with Crippen molar-refractivity contribution in [2.75, 3.05) is 6.61 Å². The molecule has 0 saturated carbocycles. The van der Waals surface area contributed by atoms with Crippen LogP contribution in [0.15, 0.2) is 73.1 Å². The van der Waals surface area contributed by atoms with E-state index in [4.69, 9.17) is 4.74 Å². The van der Waals surface area contributed by atoms with E-state index in [1.807, 2.05) is 59.2 Å². The Morgan fingerprint density at radius 3 is 1.78 bits per heavy atom. The van der Waals surface area contributed by atoms with E-state index in [1.165, 1.54) is 89.0 Å². The summed E-state index contributed by atoms with van der Waals surface area (Å²) in [5.41, 5.74) is 4.08. The van der Waals surface area contributed by atoms with Crippen LogP contribution in [0.4, 0.5) is 0 Å². The van der Waals surface area contributed by atoms with Gasteiger partial charge < -0.3 is 9.64 Å². The van der Waals surface area contributed by atoms with E-state index >= 15 is 0 Å². The molecule has 3 rings (SSSR count). The molecule has 1 heterocycles. The monoisotopic (exact) mass is 613 g/mol. The molecule has 0 spiro atoms. The third-order valence-electron chi connectivity index (χ3n) is 8.71. The van der Waals surface area contributed by atoms with Gasteiger partial charge in [0, 0.05) is 30.8 Å². The maximum Gasteiger partial charge on any atom is 0.254 e. The fraction of sp³-hybridized carbons (Fsp3) is 0.561. The molecule has 0 fully saturated rings. The number of unbranched alkanes of at least 4 members (excludes halogenated alkanes) is 13. The van der Waals surface area contributed by atoms with Crippen LogP contribution in [0, 0.1) is 0 Å². The molecule has 0 radical (unpaired) electrons. The van der Waals surface area contributed by atoms with Crippen molar-refractivity contribution in [2.45, 2.75) is 136 Å². The van der Waals surface area contributed by atoms with Crippen LogP contribution in [-0.2, 0) is 25.6 Å². The zero-order valence-electron chi connectivity index (χ0n) is 29.2. The average Bonchev–Trinajstić information content (AvgIpc) is 3.03. The van der Waals surface area contributed by atoms with Crippen LogP contribution in [0.25, 0.3) is 0 Å². The number of benzene rings is 2. The fourth-order valence-corrected chi connectivity index (χ4v) is 5.91. The predicted molar refractivity (Wildman–Crippen MR) is 189 cm³/mol. The normalized spacial score (nSPS) is 11.5. The Balaban J connectivity index is 1.49. The number of hydrogen-bond donors (Lipinski definition) is 0. The summed E-state index contributed by atoms with van der Waals surface area (Å²) in [4.78, 5) is 15.6. The van der Waals surface area contributed by atoms with E-state index < -0.39 is 0 Å². The summed E-state index contributed by atoms with van der Waals surface area (Å²) < 4.78 is 8.39. The minimum atomic E-state index is -0.0662. The molecule has 0 atom stereocenters. The third kappa shape index (κ3) is 13.8. The van der Waals surface area contributed by atoms with Crippen LogP contribution in [0.1, 0.15) is 145 Å². The van der Waals surface area contributed by atoms with E-state index in [1.54, 1.807) is 0 Å². The van der Waals surface area contributed by atoms with Crippen LogP contribution < -0.4 is 9.30 Å². The van der Waals surface area contributed by atoms with Crippen molar-refractivity contribution in [3.8, 4) is 5.75 Å². The van der Waals surface area contributed by atoms with Gasteiger partial charge in [-0.2, -0.15) is 0 Å². The summed E-state index contributed by atoms with van der Waals surface area (Å²) in [6.07, 6.45) is 23.1. The van der Waals surface area contributed by atoms with Crippen LogP contribution in [0.3, 0.4) is 0 Å². The molecule has 246 valence electrons. The molecule has 1 amide bonds. The average molecular weight is 614 g/mol. The zero-order chi connectivity index (χ0) is 32.3. The summed E-state index contributed by atoms with van der Waals surface area (Å²) in [5, 5.41) is 0. The number of hydrogen-bond acceptors (Lipinski definition) is 2. The van der Waals surface area contributed by atoms with Crippen molar-refractivity contribution < 1.29 is 14.1 Å². The van der Waals surface area contributed by atoms with Gasteiger partial charge in [-0.25, -0.2) is 4.57 Å². The summed E-state index contributed by atoms with van der Waals surface area (Å²) in [6, 6.07) is 20.3. The minimum absolute atomic E-state index is 0.0410. The molecule has 0 aliphatic carbocycles. The first-order valence-electron chi connectivity index (χ1n) is 17.8. The Labute approximate surface area is 275 Å². The molecular weight excluding hydrogens is 552 g/mol. The number of amides is 1. The lowest BCUT2D eigenvalue weighted by molar-refractivity contribution is -0.671. The molecule has 3 aromatic rings. The lowest BCUT2D eigenvalue weighted by Gasteiger charge is -2.26. The van der Waals surface area contributed by atoms with Crippen LogP contribution in [0.5, 0.6) is 5.75 Å². The molecule has 4 heteroatoms. The Morgan fingerprint density at radius 2 is 1.22 bits per heavy atom. The summed E-state index contributed by atoms with van der Waals surface area (Å²) >= 11 is 0. The molecule has 0 unspecified atom stereocenters. The Morgan fingerprint density at radius 1 is 0.689 bits per heavy atom. The summed E-state index contributed by atoms with van der Waals surface area (Å²) in [6.45, 7) is 10.8. The van der Waals surface area contributed by atoms with Gasteiger partial charge in [0.15, 0.2) is 12.4 Å². The first-order chi connectivity index (χ1) is 21.8. The van der Waals surface area contributed by atoms with Crippen molar-refractivity contribution in [3.63, 3.8) is 0 Å². The van der Waals surface area contributed by atoms with E-state index in [0.29, 0.717) is 18.7 Å². The van der Waals surface area contributed by atoms with Crippen molar-refractivity contribution >= 4 is 5.91 Å². The third-order valence-corrected chi connectivity index (χ3v) is 8.71.